The van der Waals surface area contributed by atoms with Crippen LogP contribution in [0.15, 0.2) is 35.3 Å². The third-order valence-corrected chi connectivity index (χ3v) is 4.58. The molecule has 3 unspecified atom stereocenters. The minimum atomic E-state index is -4.13. The first-order valence-electron chi connectivity index (χ1n) is 8.28. The van der Waals surface area contributed by atoms with Crippen LogP contribution in [-0.2, 0) is 0 Å². The number of rotatable bonds is 4. The average molecular weight is 468 g/mol. The number of likely N-dealkylation sites (tertiary alicyclic amines) is 1. The van der Waals surface area contributed by atoms with Crippen molar-refractivity contribution in [3.63, 3.8) is 0 Å². The van der Waals surface area contributed by atoms with Crippen molar-refractivity contribution < 1.29 is 13.2 Å². The van der Waals surface area contributed by atoms with Crippen LogP contribution in [0.1, 0.15) is 24.3 Å². The lowest BCUT2D eigenvalue weighted by atomic mass is 10.1. The fraction of sp³-hybridized carbons (Fsp3) is 0.588. The Morgan fingerprint density at radius 2 is 1.96 bits per heavy atom. The Bertz CT molecular complexity index is 579. The first-order chi connectivity index (χ1) is 11.4. The molecule has 3 rings (SSSR count). The fourth-order valence-electron chi connectivity index (χ4n) is 3.31. The standard InChI is InChI=1S/C17H23F3N4.HI/c1-21-16(22-13-7-8-24(10-13)11-17(18,19)20)23-15-9-14(15)12-5-3-2-4-6-12;/h2-6,13-15H,7-11H2,1H3,(H2,21,22,23);1H. The smallest absolute Gasteiger partial charge is 0.353 e. The molecule has 3 atom stereocenters. The highest BCUT2D eigenvalue weighted by Crippen LogP contribution is 2.40. The van der Waals surface area contributed by atoms with E-state index in [0.717, 1.165) is 6.42 Å². The number of hydrogen-bond acceptors (Lipinski definition) is 2. The summed E-state index contributed by atoms with van der Waals surface area (Å²) in [4.78, 5) is 5.65. The lowest BCUT2D eigenvalue weighted by molar-refractivity contribution is -0.143. The van der Waals surface area contributed by atoms with Crippen LogP contribution in [0.25, 0.3) is 0 Å². The van der Waals surface area contributed by atoms with Crippen molar-refractivity contribution >= 4 is 29.9 Å². The second-order valence-electron chi connectivity index (χ2n) is 6.56. The van der Waals surface area contributed by atoms with E-state index >= 15 is 0 Å². The number of alkyl halides is 3. The van der Waals surface area contributed by atoms with Gasteiger partial charge in [0.2, 0.25) is 0 Å². The van der Waals surface area contributed by atoms with Crippen LogP contribution >= 0.6 is 24.0 Å². The van der Waals surface area contributed by atoms with Crippen LogP contribution in [0.3, 0.4) is 0 Å². The highest BCUT2D eigenvalue weighted by molar-refractivity contribution is 14.0. The van der Waals surface area contributed by atoms with Gasteiger partial charge >= 0.3 is 6.18 Å². The molecule has 0 spiro atoms. The zero-order valence-electron chi connectivity index (χ0n) is 14.1. The molecular weight excluding hydrogens is 444 g/mol. The molecule has 1 aliphatic carbocycles. The zero-order chi connectivity index (χ0) is 17.2. The third-order valence-electron chi connectivity index (χ3n) is 4.58. The first-order valence-corrected chi connectivity index (χ1v) is 8.28. The molecule has 1 aliphatic heterocycles. The van der Waals surface area contributed by atoms with Crippen LogP contribution in [-0.4, -0.2) is 55.8 Å². The number of nitrogens with zero attached hydrogens (tertiary/aromatic N) is 2. The summed E-state index contributed by atoms with van der Waals surface area (Å²) in [5, 5.41) is 6.63. The monoisotopic (exact) mass is 468 g/mol. The summed E-state index contributed by atoms with van der Waals surface area (Å²) in [6, 6.07) is 10.7. The van der Waals surface area contributed by atoms with Gasteiger partial charge in [0.15, 0.2) is 5.96 Å². The Balaban J connectivity index is 0.00000225. The van der Waals surface area contributed by atoms with Crippen molar-refractivity contribution in [1.82, 2.24) is 15.5 Å². The van der Waals surface area contributed by atoms with E-state index in [-0.39, 0.29) is 30.0 Å². The molecule has 8 heteroatoms. The van der Waals surface area contributed by atoms with Crippen LogP contribution in [0.2, 0.25) is 0 Å². The number of guanidine groups is 1. The van der Waals surface area contributed by atoms with E-state index in [1.165, 1.54) is 10.5 Å². The maximum absolute atomic E-state index is 12.4. The highest BCUT2D eigenvalue weighted by atomic mass is 127. The van der Waals surface area contributed by atoms with Crippen molar-refractivity contribution in [3.05, 3.63) is 35.9 Å². The molecular formula is C17H24F3IN4. The van der Waals surface area contributed by atoms with Crippen LogP contribution in [0, 0.1) is 0 Å². The average Bonchev–Trinajstić information content (AvgIpc) is 3.17. The SMILES string of the molecule is CN=C(NC1CCN(CC(F)(F)F)C1)NC1CC1c1ccccc1.I. The van der Waals surface area contributed by atoms with Crippen molar-refractivity contribution in [2.75, 3.05) is 26.7 Å². The number of aliphatic imine (C=N–C) groups is 1. The molecule has 1 heterocycles. The summed E-state index contributed by atoms with van der Waals surface area (Å²) < 4.78 is 37.3. The van der Waals surface area contributed by atoms with Crippen LogP contribution < -0.4 is 10.6 Å². The van der Waals surface area contributed by atoms with E-state index in [4.69, 9.17) is 0 Å². The van der Waals surface area contributed by atoms with Gasteiger partial charge in [-0.1, -0.05) is 30.3 Å². The Hall–Kier alpha value is -1.03. The Morgan fingerprint density at radius 1 is 1.24 bits per heavy atom. The molecule has 1 aromatic rings. The van der Waals surface area contributed by atoms with Gasteiger partial charge in [-0.3, -0.25) is 9.89 Å². The van der Waals surface area contributed by atoms with E-state index in [1.807, 2.05) is 18.2 Å². The molecule has 140 valence electrons. The quantitative estimate of drug-likeness (QED) is 0.406. The lowest BCUT2D eigenvalue weighted by Crippen LogP contribution is -2.46. The number of benzene rings is 1. The summed E-state index contributed by atoms with van der Waals surface area (Å²) in [6.07, 6.45) is -2.38. The van der Waals surface area contributed by atoms with E-state index in [9.17, 15) is 13.2 Å². The summed E-state index contributed by atoms with van der Waals surface area (Å²) in [7, 11) is 1.69. The van der Waals surface area contributed by atoms with Crippen molar-refractivity contribution in [2.45, 2.75) is 37.0 Å². The normalized spacial score (nSPS) is 26.9. The molecule has 4 nitrogen and oxygen atoms in total. The van der Waals surface area contributed by atoms with Gasteiger partial charge in [0, 0.05) is 38.1 Å². The van der Waals surface area contributed by atoms with E-state index in [0.29, 0.717) is 37.4 Å². The van der Waals surface area contributed by atoms with Gasteiger partial charge in [-0.2, -0.15) is 13.2 Å². The molecule has 0 amide bonds. The van der Waals surface area contributed by atoms with Crippen molar-refractivity contribution in [3.8, 4) is 0 Å². The van der Waals surface area contributed by atoms with Crippen molar-refractivity contribution in [1.29, 1.82) is 0 Å². The Labute approximate surface area is 163 Å². The molecule has 1 aromatic carbocycles. The van der Waals surface area contributed by atoms with Crippen LogP contribution in [0.4, 0.5) is 13.2 Å². The minimum Gasteiger partial charge on any atom is -0.353 e. The van der Waals surface area contributed by atoms with E-state index in [1.54, 1.807) is 7.05 Å². The number of nitrogens with one attached hydrogen (secondary N) is 2. The second kappa shape index (κ2) is 8.57. The molecule has 25 heavy (non-hydrogen) atoms. The molecule has 0 bridgehead atoms. The first kappa shape index (κ1) is 20.3. The van der Waals surface area contributed by atoms with Crippen molar-refractivity contribution in [2.24, 2.45) is 4.99 Å². The zero-order valence-corrected chi connectivity index (χ0v) is 16.4. The largest absolute Gasteiger partial charge is 0.401 e. The van der Waals surface area contributed by atoms with Gasteiger partial charge in [0.25, 0.3) is 0 Å². The molecule has 2 N–H and O–H groups in total. The van der Waals surface area contributed by atoms with Crippen LogP contribution in [0.5, 0.6) is 0 Å². The Morgan fingerprint density at radius 3 is 2.60 bits per heavy atom. The summed E-state index contributed by atoms with van der Waals surface area (Å²) in [5.41, 5.74) is 1.31. The van der Waals surface area contributed by atoms with Gasteiger partial charge in [0.05, 0.1) is 6.54 Å². The van der Waals surface area contributed by atoms with Gasteiger partial charge in [0.1, 0.15) is 0 Å². The van der Waals surface area contributed by atoms with E-state index in [2.05, 4.69) is 27.8 Å². The molecule has 2 fully saturated rings. The lowest BCUT2D eigenvalue weighted by Gasteiger charge is -2.20. The fourth-order valence-corrected chi connectivity index (χ4v) is 3.31. The highest BCUT2D eigenvalue weighted by Gasteiger charge is 2.39. The predicted molar refractivity (Wildman–Crippen MR) is 104 cm³/mol. The number of halogens is 4. The predicted octanol–water partition coefficient (Wildman–Crippen LogP) is 2.96. The number of hydrogen-bond donors (Lipinski definition) is 2. The third kappa shape index (κ3) is 6.02. The molecule has 0 radical (unpaired) electrons. The van der Waals surface area contributed by atoms with Gasteiger partial charge in [-0.05, 0) is 18.4 Å². The van der Waals surface area contributed by atoms with Gasteiger partial charge in [-0.25, -0.2) is 0 Å². The molecule has 1 saturated carbocycles. The topological polar surface area (TPSA) is 39.7 Å². The van der Waals surface area contributed by atoms with E-state index < -0.39 is 12.7 Å². The summed E-state index contributed by atoms with van der Waals surface area (Å²) in [5.74, 6) is 1.16. The van der Waals surface area contributed by atoms with Gasteiger partial charge < -0.3 is 10.6 Å². The maximum atomic E-state index is 12.4. The maximum Gasteiger partial charge on any atom is 0.401 e. The Kier molecular flexibility index (Phi) is 6.95. The van der Waals surface area contributed by atoms with Gasteiger partial charge in [-0.15, -0.1) is 24.0 Å². The minimum absolute atomic E-state index is 0. The summed E-state index contributed by atoms with van der Waals surface area (Å²) in [6.45, 7) is 0.0210. The second-order valence-corrected chi connectivity index (χ2v) is 6.56. The molecule has 1 saturated heterocycles. The summed E-state index contributed by atoms with van der Waals surface area (Å²) >= 11 is 0. The molecule has 2 aliphatic rings. The molecule has 0 aromatic heterocycles.